The van der Waals surface area contributed by atoms with Crippen LogP contribution in [-0.2, 0) is 9.59 Å². The Morgan fingerprint density at radius 2 is 2.14 bits per heavy atom. The highest BCUT2D eigenvalue weighted by molar-refractivity contribution is 6.00. The fourth-order valence-electron chi connectivity index (χ4n) is 1.84. The molecule has 2 amide bonds. The van der Waals surface area contributed by atoms with E-state index in [-0.39, 0.29) is 18.1 Å². The minimum absolute atomic E-state index is 0.0956. The van der Waals surface area contributed by atoms with Crippen molar-refractivity contribution < 1.29 is 29.3 Å². The third-order valence-electron chi connectivity index (χ3n) is 2.91. The number of carboxylic acid groups (broad SMARTS) is 1. The average Bonchev–Trinajstić information content (AvgIpc) is 2.42. The number of rotatable bonds is 4. The second kappa shape index (κ2) is 5.80. The zero-order valence-electron chi connectivity index (χ0n) is 11.1. The number of aliphatic carboxylic acids is 1. The van der Waals surface area contributed by atoms with Crippen LogP contribution in [0.25, 0.3) is 0 Å². The van der Waals surface area contributed by atoms with Crippen molar-refractivity contribution in [3.05, 3.63) is 23.8 Å². The number of aliphatic hydroxyl groups excluding tert-OH is 1. The molecule has 8 nitrogen and oxygen atoms in total. The van der Waals surface area contributed by atoms with Crippen molar-refractivity contribution in [3.8, 4) is 5.75 Å². The fourth-order valence-corrected chi connectivity index (χ4v) is 1.84. The lowest BCUT2D eigenvalue weighted by Crippen LogP contribution is -2.47. The number of ether oxygens (including phenoxy) is 1. The van der Waals surface area contributed by atoms with Crippen LogP contribution in [0.1, 0.15) is 17.3 Å². The molecule has 1 aliphatic heterocycles. The molecular weight excluding hydrogens is 280 g/mol. The largest absolute Gasteiger partial charge is 0.482 e. The van der Waals surface area contributed by atoms with Gasteiger partial charge in [-0.05, 0) is 25.1 Å². The Balaban J connectivity index is 2.18. The summed E-state index contributed by atoms with van der Waals surface area (Å²) in [6, 6.07) is 2.90. The number of benzene rings is 1. The molecule has 0 spiro atoms. The minimum Gasteiger partial charge on any atom is -0.482 e. The second-order valence-corrected chi connectivity index (χ2v) is 4.58. The van der Waals surface area contributed by atoms with E-state index in [4.69, 9.17) is 9.84 Å². The summed E-state index contributed by atoms with van der Waals surface area (Å²) in [5, 5.41) is 23.0. The first-order valence-corrected chi connectivity index (χ1v) is 6.17. The topological polar surface area (TPSA) is 125 Å². The molecule has 2 unspecified atom stereocenters. The molecule has 0 fully saturated rings. The molecule has 21 heavy (non-hydrogen) atoms. The Hall–Kier alpha value is -2.61. The molecule has 0 saturated heterocycles. The Kier molecular flexibility index (Phi) is 4.08. The molecule has 0 radical (unpaired) electrons. The molecule has 4 N–H and O–H groups in total. The van der Waals surface area contributed by atoms with E-state index in [2.05, 4.69) is 10.6 Å². The van der Waals surface area contributed by atoms with Crippen molar-refractivity contribution in [3.63, 3.8) is 0 Å². The van der Waals surface area contributed by atoms with E-state index < -0.39 is 24.0 Å². The zero-order chi connectivity index (χ0) is 15.6. The molecule has 112 valence electrons. The number of carbonyl (C=O) groups is 3. The quantitative estimate of drug-likeness (QED) is 0.598. The summed E-state index contributed by atoms with van der Waals surface area (Å²) >= 11 is 0. The van der Waals surface area contributed by atoms with Gasteiger partial charge in [0.25, 0.3) is 11.8 Å². The van der Waals surface area contributed by atoms with Gasteiger partial charge in [0.2, 0.25) is 0 Å². The van der Waals surface area contributed by atoms with Gasteiger partial charge in [-0.15, -0.1) is 0 Å². The number of hydrogen-bond acceptors (Lipinski definition) is 5. The van der Waals surface area contributed by atoms with Gasteiger partial charge in [-0.2, -0.15) is 0 Å². The molecule has 0 bridgehead atoms. The number of carboxylic acids is 1. The van der Waals surface area contributed by atoms with E-state index in [0.29, 0.717) is 11.4 Å². The molecule has 0 aromatic heterocycles. The lowest BCUT2D eigenvalue weighted by molar-refractivity contribution is -0.141. The Morgan fingerprint density at radius 1 is 1.43 bits per heavy atom. The van der Waals surface area contributed by atoms with E-state index in [1.54, 1.807) is 0 Å². The predicted octanol–water partition coefficient (Wildman–Crippen LogP) is -0.419. The number of aliphatic hydroxyl groups is 1. The standard InChI is InChI=1S/C13H14N2O6/c1-6(16)11(13(19)20)15-12(18)7-2-3-9-8(4-7)14-10(17)5-21-9/h2-4,6,11,16H,5H2,1H3,(H,14,17)(H,15,18)(H,19,20). The summed E-state index contributed by atoms with van der Waals surface area (Å²) in [4.78, 5) is 34.1. The molecular formula is C13H14N2O6. The summed E-state index contributed by atoms with van der Waals surface area (Å²) < 4.78 is 5.15. The molecule has 1 aromatic carbocycles. The van der Waals surface area contributed by atoms with Crippen molar-refractivity contribution in [2.24, 2.45) is 0 Å². The SMILES string of the molecule is CC(O)C(NC(=O)c1ccc2c(c1)NC(=O)CO2)C(=O)O. The summed E-state index contributed by atoms with van der Waals surface area (Å²) in [6.07, 6.45) is -1.24. The van der Waals surface area contributed by atoms with Gasteiger partial charge >= 0.3 is 5.97 Å². The van der Waals surface area contributed by atoms with Crippen LogP contribution in [0, 0.1) is 0 Å². The summed E-state index contributed by atoms with van der Waals surface area (Å²) in [6.45, 7) is 1.17. The van der Waals surface area contributed by atoms with Crippen LogP contribution < -0.4 is 15.4 Å². The molecule has 0 saturated carbocycles. The van der Waals surface area contributed by atoms with E-state index in [0.717, 1.165) is 0 Å². The lowest BCUT2D eigenvalue weighted by Gasteiger charge is -2.20. The highest BCUT2D eigenvalue weighted by Crippen LogP contribution is 2.28. The van der Waals surface area contributed by atoms with Crippen molar-refractivity contribution in [2.75, 3.05) is 11.9 Å². The summed E-state index contributed by atoms with van der Waals surface area (Å²) in [7, 11) is 0. The van der Waals surface area contributed by atoms with Crippen molar-refractivity contribution in [1.29, 1.82) is 0 Å². The van der Waals surface area contributed by atoms with Gasteiger partial charge in [0.15, 0.2) is 12.6 Å². The molecule has 2 atom stereocenters. The maximum Gasteiger partial charge on any atom is 0.328 e. The lowest BCUT2D eigenvalue weighted by atomic mass is 10.1. The second-order valence-electron chi connectivity index (χ2n) is 4.58. The molecule has 8 heteroatoms. The van der Waals surface area contributed by atoms with Crippen molar-refractivity contribution >= 4 is 23.5 Å². The predicted molar refractivity (Wildman–Crippen MR) is 71.1 cm³/mol. The Morgan fingerprint density at radius 3 is 2.76 bits per heavy atom. The van der Waals surface area contributed by atoms with Crippen LogP contribution in [0.5, 0.6) is 5.75 Å². The van der Waals surface area contributed by atoms with Gasteiger partial charge in [-0.1, -0.05) is 0 Å². The van der Waals surface area contributed by atoms with Gasteiger partial charge in [0, 0.05) is 5.56 Å². The van der Waals surface area contributed by atoms with Crippen LogP contribution in [0.2, 0.25) is 0 Å². The number of fused-ring (bicyclic) bond motifs is 1. The van der Waals surface area contributed by atoms with Crippen molar-refractivity contribution in [2.45, 2.75) is 19.1 Å². The normalized spacial score (nSPS) is 16.0. The number of hydrogen-bond donors (Lipinski definition) is 4. The van der Waals surface area contributed by atoms with E-state index in [1.807, 2.05) is 0 Å². The number of anilines is 1. The molecule has 1 aliphatic rings. The monoisotopic (exact) mass is 294 g/mol. The van der Waals surface area contributed by atoms with Gasteiger partial charge in [-0.25, -0.2) is 4.79 Å². The van der Waals surface area contributed by atoms with Crippen molar-refractivity contribution in [1.82, 2.24) is 5.32 Å². The Bertz CT molecular complexity index is 598. The minimum atomic E-state index is -1.42. The number of nitrogens with one attached hydrogen (secondary N) is 2. The maximum atomic E-state index is 12.0. The molecule has 1 aromatic rings. The van der Waals surface area contributed by atoms with Gasteiger partial charge in [-0.3, -0.25) is 9.59 Å². The van der Waals surface area contributed by atoms with Gasteiger partial charge in [0.05, 0.1) is 11.8 Å². The smallest absolute Gasteiger partial charge is 0.328 e. The van der Waals surface area contributed by atoms with E-state index >= 15 is 0 Å². The summed E-state index contributed by atoms with van der Waals surface area (Å²) in [5.74, 6) is -1.93. The zero-order valence-corrected chi connectivity index (χ0v) is 11.1. The first-order chi connectivity index (χ1) is 9.88. The Labute approximate surface area is 119 Å². The highest BCUT2D eigenvalue weighted by Gasteiger charge is 2.26. The molecule has 1 heterocycles. The van der Waals surface area contributed by atoms with Gasteiger partial charge < -0.3 is 25.6 Å². The van der Waals surface area contributed by atoms with Crippen LogP contribution in [0.15, 0.2) is 18.2 Å². The molecule has 2 rings (SSSR count). The fraction of sp³-hybridized carbons (Fsp3) is 0.308. The number of carbonyl (C=O) groups excluding carboxylic acids is 2. The van der Waals surface area contributed by atoms with Crippen LogP contribution in [-0.4, -0.2) is 46.7 Å². The van der Waals surface area contributed by atoms with E-state index in [1.165, 1.54) is 25.1 Å². The van der Waals surface area contributed by atoms with Crippen LogP contribution >= 0.6 is 0 Å². The first kappa shape index (κ1) is 14.8. The number of amides is 2. The highest BCUT2D eigenvalue weighted by atomic mass is 16.5. The van der Waals surface area contributed by atoms with E-state index in [9.17, 15) is 19.5 Å². The molecule has 0 aliphatic carbocycles. The first-order valence-electron chi connectivity index (χ1n) is 6.17. The maximum absolute atomic E-state index is 12.0. The summed E-state index contributed by atoms with van der Waals surface area (Å²) in [5.41, 5.74) is 0.481. The third-order valence-corrected chi connectivity index (χ3v) is 2.91. The third kappa shape index (κ3) is 3.29. The van der Waals surface area contributed by atoms with Crippen LogP contribution in [0.4, 0.5) is 5.69 Å². The average molecular weight is 294 g/mol. The van der Waals surface area contributed by atoms with Crippen LogP contribution in [0.3, 0.4) is 0 Å². The van der Waals surface area contributed by atoms with Gasteiger partial charge in [0.1, 0.15) is 5.75 Å².